The zero-order chi connectivity index (χ0) is 14.8. The van der Waals surface area contributed by atoms with Crippen LogP contribution < -0.4 is 10.5 Å². The number of hydrogen-bond acceptors (Lipinski definition) is 6. The molecule has 112 valence electrons. The first-order valence-corrected chi connectivity index (χ1v) is 6.37. The maximum atomic E-state index is 11.5. The predicted octanol–water partition coefficient (Wildman–Crippen LogP) is 1.49. The van der Waals surface area contributed by atoms with Crippen molar-refractivity contribution in [1.29, 1.82) is 0 Å². The van der Waals surface area contributed by atoms with Gasteiger partial charge in [0.15, 0.2) is 0 Å². The van der Waals surface area contributed by atoms with E-state index in [4.69, 9.17) is 19.9 Å². The van der Waals surface area contributed by atoms with E-state index in [-0.39, 0.29) is 5.69 Å². The summed E-state index contributed by atoms with van der Waals surface area (Å²) in [7, 11) is 2.96. The minimum absolute atomic E-state index is 0.277. The number of anilines is 1. The Morgan fingerprint density at radius 3 is 2.65 bits per heavy atom. The number of ether oxygens (including phenoxy) is 4. The maximum Gasteiger partial charge on any atom is 0.340 e. The largest absolute Gasteiger partial charge is 0.489 e. The van der Waals surface area contributed by atoms with Gasteiger partial charge in [-0.1, -0.05) is 6.07 Å². The Morgan fingerprint density at radius 1 is 1.15 bits per heavy atom. The van der Waals surface area contributed by atoms with Crippen LogP contribution in [0.3, 0.4) is 0 Å². The summed E-state index contributed by atoms with van der Waals surface area (Å²) in [6, 6.07) is 4.99. The van der Waals surface area contributed by atoms with Crippen molar-refractivity contribution in [2.24, 2.45) is 0 Å². The SMILES string of the molecule is COCCCOCCOc1cccc(C(=O)OC)c1N. The van der Waals surface area contributed by atoms with Gasteiger partial charge in [0.2, 0.25) is 0 Å². The molecule has 20 heavy (non-hydrogen) atoms. The van der Waals surface area contributed by atoms with Crippen molar-refractivity contribution in [3.63, 3.8) is 0 Å². The van der Waals surface area contributed by atoms with Crippen molar-refractivity contribution in [2.45, 2.75) is 6.42 Å². The molecular weight excluding hydrogens is 262 g/mol. The molecule has 0 aliphatic heterocycles. The highest BCUT2D eigenvalue weighted by atomic mass is 16.5. The summed E-state index contributed by atoms with van der Waals surface area (Å²) in [5.41, 5.74) is 6.43. The van der Waals surface area contributed by atoms with Crippen molar-refractivity contribution in [3.05, 3.63) is 23.8 Å². The molecule has 1 rings (SSSR count). The standard InChI is InChI=1S/C14H21NO5/c1-17-7-4-8-19-9-10-20-12-6-3-5-11(13(12)15)14(16)18-2/h3,5-6H,4,7-10,15H2,1-2H3. The Hall–Kier alpha value is -1.79. The average Bonchev–Trinajstić information content (AvgIpc) is 2.47. The van der Waals surface area contributed by atoms with Crippen LogP contribution in [0.2, 0.25) is 0 Å². The topological polar surface area (TPSA) is 80.0 Å². The highest BCUT2D eigenvalue weighted by Gasteiger charge is 2.13. The van der Waals surface area contributed by atoms with Crippen molar-refractivity contribution < 1.29 is 23.7 Å². The van der Waals surface area contributed by atoms with E-state index in [0.717, 1.165) is 6.42 Å². The number of nitrogen functional groups attached to an aromatic ring is 1. The number of carbonyl (C=O) groups is 1. The third-order valence-electron chi connectivity index (χ3n) is 2.59. The molecule has 6 heteroatoms. The molecule has 0 saturated carbocycles. The van der Waals surface area contributed by atoms with Crippen LogP contribution in [0.15, 0.2) is 18.2 Å². The number of hydrogen-bond donors (Lipinski definition) is 1. The summed E-state index contributed by atoms with van der Waals surface area (Å²) < 4.78 is 20.4. The smallest absolute Gasteiger partial charge is 0.340 e. The minimum Gasteiger partial charge on any atom is -0.489 e. The van der Waals surface area contributed by atoms with E-state index < -0.39 is 5.97 Å². The monoisotopic (exact) mass is 283 g/mol. The zero-order valence-electron chi connectivity index (χ0n) is 11.9. The fourth-order valence-corrected chi connectivity index (χ4v) is 1.58. The number of esters is 1. The van der Waals surface area contributed by atoms with E-state index in [1.165, 1.54) is 7.11 Å². The maximum absolute atomic E-state index is 11.5. The first kappa shape index (κ1) is 16.3. The van der Waals surface area contributed by atoms with E-state index in [0.29, 0.717) is 37.7 Å². The van der Waals surface area contributed by atoms with Gasteiger partial charge in [0.25, 0.3) is 0 Å². The molecule has 2 N–H and O–H groups in total. The van der Waals surface area contributed by atoms with Crippen LogP contribution in [0.5, 0.6) is 5.75 Å². The minimum atomic E-state index is -0.483. The summed E-state index contributed by atoms with van der Waals surface area (Å²) in [5, 5.41) is 0. The van der Waals surface area contributed by atoms with Crippen LogP contribution in [-0.4, -0.2) is 46.6 Å². The number of methoxy groups -OCH3 is 2. The summed E-state index contributed by atoms with van der Waals surface area (Å²) in [6.45, 7) is 2.11. The number of benzene rings is 1. The van der Waals surface area contributed by atoms with E-state index in [9.17, 15) is 4.79 Å². The fraction of sp³-hybridized carbons (Fsp3) is 0.500. The molecule has 0 aliphatic rings. The molecule has 0 spiro atoms. The van der Waals surface area contributed by atoms with Gasteiger partial charge in [0.1, 0.15) is 12.4 Å². The molecular formula is C14H21NO5. The molecule has 0 radical (unpaired) electrons. The molecule has 0 aromatic heterocycles. The fourth-order valence-electron chi connectivity index (χ4n) is 1.58. The summed E-state index contributed by atoms with van der Waals surface area (Å²) in [6.07, 6.45) is 0.844. The Morgan fingerprint density at radius 2 is 1.95 bits per heavy atom. The first-order chi connectivity index (χ1) is 9.70. The number of carbonyl (C=O) groups excluding carboxylic acids is 1. The van der Waals surface area contributed by atoms with E-state index in [2.05, 4.69) is 4.74 Å². The normalized spacial score (nSPS) is 10.3. The van der Waals surface area contributed by atoms with Gasteiger partial charge in [0, 0.05) is 20.3 Å². The lowest BCUT2D eigenvalue weighted by Crippen LogP contribution is -2.11. The van der Waals surface area contributed by atoms with Crippen molar-refractivity contribution >= 4 is 11.7 Å². The van der Waals surface area contributed by atoms with Crippen molar-refractivity contribution in [1.82, 2.24) is 0 Å². The molecule has 0 atom stereocenters. The van der Waals surface area contributed by atoms with E-state index >= 15 is 0 Å². The van der Waals surface area contributed by atoms with Gasteiger partial charge in [-0.3, -0.25) is 0 Å². The Labute approximate surface area is 118 Å². The Bertz CT molecular complexity index is 422. The van der Waals surface area contributed by atoms with Gasteiger partial charge < -0.3 is 24.7 Å². The Balaban J connectivity index is 2.39. The van der Waals surface area contributed by atoms with Crippen LogP contribution in [0.25, 0.3) is 0 Å². The van der Waals surface area contributed by atoms with Crippen molar-refractivity contribution in [2.75, 3.05) is 46.4 Å². The van der Waals surface area contributed by atoms with Gasteiger partial charge in [-0.2, -0.15) is 0 Å². The van der Waals surface area contributed by atoms with Crippen LogP contribution in [-0.2, 0) is 14.2 Å². The second-order valence-electron chi connectivity index (χ2n) is 4.02. The van der Waals surface area contributed by atoms with Gasteiger partial charge >= 0.3 is 5.97 Å². The third kappa shape index (κ3) is 5.07. The van der Waals surface area contributed by atoms with E-state index in [1.54, 1.807) is 25.3 Å². The lowest BCUT2D eigenvalue weighted by atomic mass is 10.1. The highest BCUT2D eigenvalue weighted by molar-refractivity contribution is 5.96. The molecule has 1 aromatic rings. The van der Waals surface area contributed by atoms with E-state index in [1.807, 2.05) is 0 Å². The molecule has 0 amide bonds. The van der Waals surface area contributed by atoms with Crippen molar-refractivity contribution in [3.8, 4) is 5.75 Å². The van der Waals surface area contributed by atoms with Gasteiger partial charge in [-0.25, -0.2) is 4.79 Å². The van der Waals surface area contributed by atoms with Gasteiger partial charge in [-0.15, -0.1) is 0 Å². The summed E-state index contributed by atoms with van der Waals surface area (Å²) in [5.74, 6) is -0.0304. The zero-order valence-corrected chi connectivity index (χ0v) is 11.9. The molecule has 0 bridgehead atoms. The molecule has 0 unspecified atom stereocenters. The number of para-hydroxylation sites is 1. The molecule has 0 saturated heterocycles. The quantitative estimate of drug-likeness (QED) is 0.420. The molecule has 0 heterocycles. The number of rotatable bonds is 9. The first-order valence-electron chi connectivity index (χ1n) is 6.37. The average molecular weight is 283 g/mol. The summed E-state index contributed by atoms with van der Waals surface area (Å²) >= 11 is 0. The van der Waals surface area contributed by atoms with Gasteiger partial charge in [-0.05, 0) is 18.6 Å². The van der Waals surface area contributed by atoms with Crippen LogP contribution in [0, 0.1) is 0 Å². The second-order valence-corrected chi connectivity index (χ2v) is 4.02. The number of nitrogens with two attached hydrogens (primary N) is 1. The van der Waals surface area contributed by atoms with Gasteiger partial charge in [0.05, 0.1) is 25.0 Å². The second kappa shape index (κ2) is 9.17. The van der Waals surface area contributed by atoms with Crippen LogP contribution in [0.4, 0.5) is 5.69 Å². The van der Waals surface area contributed by atoms with Crippen LogP contribution in [0.1, 0.15) is 16.8 Å². The third-order valence-corrected chi connectivity index (χ3v) is 2.59. The molecule has 6 nitrogen and oxygen atoms in total. The molecule has 0 aliphatic carbocycles. The lowest BCUT2D eigenvalue weighted by Gasteiger charge is -2.11. The summed E-state index contributed by atoms with van der Waals surface area (Å²) in [4.78, 5) is 11.5. The molecule has 0 fully saturated rings. The highest BCUT2D eigenvalue weighted by Crippen LogP contribution is 2.25. The lowest BCUT2D eigenvalue weighted by molar-refractivity contribution is 0.0601. The Kier molecular flexibility index (Phi) is 7.46. The predicted molar refractivity (Wildman–Crippen MR) is 75.0 cm³/mol. The van der Waals surface area contributed by atoms with Crippen LogP contribution >= 0.6 is 0 Å². The molecule has 1 aromatic carbocycles.